The maximum atomic E-state index is 6.36. The Balaban J connectivity index is 2.26. The lowest BCUT2D eigenvalue weighted by molar-refractivity contribution is 0.195. The van der Waals surface area contributed by atoms with E-state index in [1.165, 1.54) is 22.4 Å². The van der Waals surface area contributed by atoms with Gasteiger partial charge in [0, 0.05) is 22.4 Å². The third-order valence-corrected chi connectivity index (χ3v) is 5.40. The number of hydrogen-bond donors (Lipinski definition) is 0. The Morgan fingerprint density at radius 3 is 2.19 bits per heavy atom. The molecule has 3 aromatic rings. The molecule has 0 fully saturated rings. The minimum Gasteiger partial charge on any atom is -0.490 e. The highest BCUT2D eigenvalue weighted by molar-refractivity contribution is 9.10. The van der Waals surface area contributed by atoms with Crippen LogP contribution in [0, 0.1) is 27.7 Å². The van der Waals surface area contributed by atoms with E-state index in [9.17, 15) is 0 Å². The van der Waals surface area contributed by atoms with Gasteiger partial charge in [0.05, 0.1) is 17.2 Å². The molecule has 0 atom stereocenters. The number of aryl methyl sites for hydroxylation is 4. The zero-order valence-electron chi connectivity index (χ0n) is 16.5. The zero-order valence-corrected chi connectivity index (χ0v) is 18.1. The molecular weight excluding hydrogens is 388 g/mol. The molecule has 0 aliphatic rings. The number of halogens is 1. The highest BCUT2D eigenvalue weighted by Crippen LogP contribution is 2.35. The van der Waals surface area contributed by atoms with Gasteiger partial charge in [-0.2, -0.15) is 0 Å². The lowest BCUT2D eigenvalue weighted by Gasteiger charge is -2.18. The number of pyridine rings is 1. The van der Waals surface area contributed by atoms with E-state index in [-0.39, 0.29) is 6.10 Å². The number of ether oxygens (including phenoxy) is 1. The van der Waals surface area contributed by atoms with Crippen LogP contribution in [0.1, 0.15) is 49.1 Å². The molecule has 0 unspecified atom stereocenters. The van der Waals surface area contributed by atoms with Crippen molar-refractivity contribution in [2.75, 3.05) is 0 Å². The zero-order chi connectivity index (χ0) is 19.0. The lowest BCUT2D eigenvalue weighted by atomic mass is 10.1. The van der Waals surface area contributed by atoms with E-state index in [4.69, 9.17) is 9.72 Å². The van der Waals surface area contributed by atoms with Gasteiger partial charge in [0.1, 0.15) is 11.4 Å². The maximum Gasteiger partial charge on any atom is 0.148 e. The SMILES string of the molecule is CCC(CC)Oc1cc(C)nc2c1c(C)cn2-c1c(C)cc(Br)cc1C. The normalized spacial score (nSPS) is 11.5. The van der Waals surface area contributed by atoms with Crippen LogP contribution in [0.15, 0.2) is 28.9 Å². The Hall–Kier alpha value is -1.81. The van der Waals surface area contributed by atoms with Crippen LogP contribution in [0.2, 0.25) is 0 Å². The Bertz CT molecular complexity index is 931. The van der Waals surface area contributed by atoms with Gasteiger partial charge >= 0.3 is 0 Å². The average molecular weight is 415 g/mol. The van der Waals surface area contributed by atoms with Gasteiger partial charge in [-0.1, -0.05) is 29.8 Å². The first-order valence-electron chi connectivity index (χ1n) is 9.28. The average Bonchev–Trinajstić information content (AvgIpc) is 2.88. The molecule has 0 spiro atoms. The number of fused-ring (bicyclic) bond motifs is 1. The van der Waals surface area contributed by atoms with Crippen molar-refractivity contribution < 1.29 is 4.74 Å². The van der Waals surface area contributed by atoms with Crippen LogP contribution in [-0.4, -0.2) is 15.7 Å². The minimum atomic E-state index is 0.235. The van der Waals surface area contributed by atoms with E-state index in [0.717, 1.165) is 39.8 Å². The van der Waals surface area contributed by atoms with Gasteiger partial charge in [-0.05, 0) is 69.4 Å². The molecule has 26 heavy (non-hydrogen) atoms. The maximum absolute atomic E-state index is 6.36. The van der Waals surface area contributed by atoms with Crippen molar-refractivity contribution in [1.29, 1.82) is 0 Å². The van der Waals surface area contributed by atoms with Crippen LogP contribution in [0.3, 0.4) is 0 Å². The predicted molar refractivity (Wildman–Crippen MR) is 113 cm³/mol. The highest BCUT2D eigenvalue weighted by Gasteiger charge is 2.18. The van der Waals surface area contributed by atoms with Crippen LogP contribution in [0.5, 0.6) is 5.75 Å². The van der Waals surface area contributed by atoms with Gasteiger partial charge in [-0.15, -0.1) is 0 Å². The van der Waals surface area contributed by atoms with Crippen molar-refractivity contribution in [2.24, 2.45) is 0 Å². The third-order valence-electron chi connectivity index (χ3n) is 4.94. The van der Waals surface area contributed by atoms with Gasteiger partial charge in [0.25, 0.3) is 0 Å². The molecule has 0 aliphatic heterocycles. The standard InChI is InChI=1S/C22H27BrN2O/c1-7-18(8-2)26-19-11-16(6)24-22-20(19)15(5)12-25(22)21-13(3)9-17(23)10-14(21)4/h9-12,18H,7-8H2,1-6H3. The van der Waals surface area contributed by atoms with E-state index in [0.29, 0.717) is 0 Å². The number of benzene rings is 1. The van der Waals surface area contributed by atoms with Crippen LogP contribution in [0.25, 0.3) is 16.7 Å². The van der Waals surface area contributed by atoms with Crippen molar-refractivity contribution in [3.05, 3.63) is 51.3 Å². The van der Waals surface area contributed by atoms with Gasteiger partial charge in [-0.3, -0.25) is 0 Å². The van der Waals surface area contributed by atoms with Crippen LogP contribution in [0.4, 0.5) is 0 Å². The first-order valence-corrected chi connectivity index (χ1v) is 10.1. The van der Waals surface area contributed by atoms with E-state index >= 15 is 0 Å². The largest absolute Gasteiger partial charge is 0.490 e. The molecule has 0 N–H and O–H groups in total. The molecule has 0 bridgehead atoms. The summed E-state index contributed by atoms with van der Waals surface area (Å²) in [6, 6.07) is 6.38. The quantitative estimate of drug-likeness (QED) is 0.470. The summed E-state index contributed by atoms with van der Waals surface area (Å²) in [6.45, 7) is 12.8. The molecular formula is C22H27BrN2O. The second kappa shape index (κ2) is 7.43. The molecule has 0 radical (unpaired) electrons. The Morgan fingerprint density at radius 2 is 1.62 bits per heavy atom. The summed E-state index contributed by atoms with van der Waals surface area (Å²) < 4.78 is 9.68. The highest BCUT2D eigenvalue weighted by atomic mass is 79.9. The first kappa shape index (κ1) is 19.0. The van der Waals surface area contributed by atoms with E-state index in [1.54, 1.807) is 0 Å². The summed E-state index contributed by atoms with van der Waals surface area (Å²) in [4.78, 5) is 4.87. The molecule has 4 heteroatoms. The van der Waals surface area contributed by atoms with Crippen LogP contribution < -0.4 is 4.74 Å². The van der Waals surface area contributed by atoms with Crippen LogP contribution in [-0.2, 0) is 0 Å². The minimum absolute atomic E-state index is 0.235. The number of rotatable bonds is 5. The third kappa shape index (κ3) is 3.39. The van der Waals surface area contributed by atoms with Crippen molar-refractivity contribution in [1.82, 2.24) is 9.55 Å². The van der Waals surface area contributed by atoms with Crippen molar-refractivity contribution >= 4 is 27.0 Å². The lowest BCUT2D eigenvalue weighted by Crippen LogP contribution is -2.14. The Labute approximate surface area is 164 Å². The molecule has 0 amide bonds. The van der Waals surface area contributed by atoms with Gasteiger partial charge in [0.15, 0.2) is 0 Å². The molecule has 2 heterocycles. The summed E-state index contributed by atoms with van der Waals surface area (Å²) in [6.07, 6.45) is 4.42. The van der Waals surface area contributed by atoms with Gasteiger partial charge in [0.2, 0.25) is 0 Å². The van der Waals surface area contributed by atoms with E-state index in [1.807, 2.05) is 6.92 Å². The Morgan fingerprint density at radius 1 is 1.00 bits per heavy atom. The molecule has 0 saturated carbocycles. The second-order valence-electron chi connectivity index (χ2n) is 7.09. The summed E-state index contributed by atoms with van der Waals surface area (Å²) in [5.41, 5.74) is 6.77. The van der Waals surface area contributed by atoms with E-state index < -0.39 is 0 Å². The molecule has 0 aliphatic carbocycles. The molecule has 2 aromatic heterocycles. The van der Waals surface area contributed by atoms with Crippen molar-refractivity contribution in [3.63, 3.8) is 0 Å². The Kier molecular flexibility index (Phi) is 5.42. The van der Waals surface area contributed by atoms with E-state index in [2.05, 4.69) is 79.5 Å². The summed E-state index contributed by atoms with van der Waals surface area (Å²) in [7, 11) is 0. The predicted octanol–water partition coefficient (Wildman–Crippen LogP) is 6.59. The summed E-state index contributed by atoms with van der Waals surface area (Å²) in [5, 5.41) is 1.12. The van der Waals surface area contributed by atoms with Crippen LogP contribution >= 0.6 is 15.9 Å². The topological polar surface area (TPSA) is 27.1 Å². The summed E-state index contributed by atoms with van der Waals surface area (Å²) >= 11 is 3.60. The fourth-order valence-electron chi connectivity index (χ4n) is 3.67. The second-order valence-corrected chi connectivity index (χ2v) is 8.00. The summed E-state index contributed by atoms with van der Waals surface area (Å²) in [5.74, 6) is 0.949. The molecule has 3 nitrogen and oxygen atoms in total. The molecule has 0 saturated heterocycles. The molecule has 1 aromatic carbocycles. The number of nitrogens with zero attached hydrogens (tertiary/aromatic N) is 2. The monoisotopic (exact) mass is 414 g/mol. The first-order chi connectivity index (χ1) is 12.3. The van der Waals surface area contributed by atoms with Crippen molar-refractivity contribution in [2.45, 2.75) is 60.5 Å². The fraction of sp³-hybridized carbons (Fsp3) is 0.409. The van der Waals surface area contributed by atoms with Gasteiger partial charge < -0.3 is 9.30 Å². The van der Waals surface area contributed by atoms with Crippen molar-refractivity contribution in [3.8, 4) is 11.4 Å². The number of hydrogen-bond acceptors (Lipinski definition) is 2. The molecule has 138 valence electrons. The fourth-order valence-corrected chi connectivity index (χ4v) is 4.36. The molecule has 3 rings (SSSR count). The van der Waals surface area contributed by atoms with Gasteiger partial charge in [-0.25, -0.2) is 4.98 Å². The number of aromatic nitrogens is 2. The smallest absolute Gasteiger partial charge is 0.148 e.